The van der Waals surface area contributed by atoms with Gasteiger partial charge in [0.1, 0.15) is 11.0 Å². The van der Waals surface area contributed by atoms with Gasteiger partial charge in [-0.25, -0.2) is 14.5 Å². The summed E-state index contributed by atoms with van der Waals surface area (Å²) in [5, 5.41) is 18.1. The topological polar surface area (TPSA) is 151 Å². The van der Waals surface area contributed by atoms with Gasteiger partial charge in [-0.3, -0.25) is 9.59 Å². The average Bonchev–Trinajstić information content (AvgIpc) is 3.60. The third-order valence-corrected chi connectivity index (χ3v) is 7.32. The molecule has 12 heteroatoms. The third-order valence-electron chi connectivity index (χ3n) is 7.11. The summed E-state index contributed by atoms with van der Waals surface area (Å²) in [7, 11) is 0. The fourth-order valence-electron chi connectivity index (χ4n) is 4.94. The first-order chi connectivity index (χ1) is 18.7. The lowest BCUT2D eigenvalue weighted by Gasteiger charge is -2.31. The lowest BCUT2D eigenvalue weighted by molar-refractivity contribution is -0.123. The molecular weight excluding hydrogens is 518 g/mol. The second kappa shape index (κ2) is 11.7. The van der Waals surface area contributed by atoms with Crippen LogP contribution in [-0.4, -0.2) is 55.6 Å². The molecule has 0 aliphatic heterocycles. The summed E-state index contributed by atoms with van der Waals surface area (Å²) in [4.78, 5) is 34.0. The van der Waals surface area contributed by atoms with Crippen molar-refractivity contribution in [1.82, 2.24) is 24.9 Å². The molecule has 3 heterocycles. The number of hydrogen-bond donors (Lipinski definition) is 5. The van der Waals surface area contributed by atoms with Crippen molar-refractivity contribution in [3.8, 4) is 0 Å². The van der Waals surface area contributed by atoms with Gasteiger partial charge < -0.3 is 27.0 Å². The summed E-state index contributed by atoms with van der Waals surface area (Å²) >= 11 is 5.97. The highest BCUT2D eigenvalue weighted by molar-refractivity contribution is 6.29. The fourth-order valence-corrected chi connectivity index (χ4v) is 5.11. The van der Waals surface area contributed by atoms with Crippen molar-refractivity contribution >= 4 is 46.3 Å². The number of carbonyl (C=O) groups excluding carboxylic acids is 2. The molecule has 5 rings (SSSR count). The van der Waals surface area contributed by atoms with Crippen molar-refractivity contribution < 1.29 is 9.59 Å². The molecule has 3 aromatic rings. The van der Waals surface area contributed by atoms with Gasteiger partial charge in [-0.15, -0.1) is 5.10 Å². The smallest absolute Gasteiger partial charge is 0.276 e. The molecule has 6 N–H and O–H groups in total. The maximum Gasteiger partial charge on any atom is 0.276 e. The molecule has 0 spiro atoms. The summed E-state index contributed by atoms with van der Waals surface area (Å²) in [6, 6.07) is 5.47. The lowest BCUT2D eigenvalue weighted by Crippen LogP contribution is -2.47. The van der Waals surface area contributed by atoms with E-state index in [1.54, 1.807) is 16.6 Å². The number of pyridine rings is 1. The van der Waals surface area contributed by atoms with E-state index in [4.69, 9.17) is 22.4 Å². The Kier molecular flexibility index (Phi) is 8.18. The molecule has 0 unspecified atom stereocenters. The Balaban J connectivity index is 1.27. The first kappa shape index (κ1) is 27.1. The van der Waals surface area contributed by atoms with Crippen LogP contribution < -0.4 is 27.0 Å². The number of nitrogens with one attached hydrogen (secondary N) is 4. The highest BCUT2D eigenvalue weighted by Crippen LogP contribution is 2.30. The van der Waals surface area contributed by atoms with Gasteiger partial charge in [0.2, 0.25) is 5.91 Å². The number of hydrogen-bond acceptors (Lipinski definition) is 8. The van der Waals surface area contributed by atoms with E-state index in [0.717, 1.165) is 44.2 Å². The number of rotatable bonds is 10. The van der Waals surface area contributed by atoms with E-state index >= 15 is 0 Å². The zero-order chi connectivity index (χ0) is 27.5. The van der Waals surface area contributed by atoms with E-state index < -0.39 is 6.04 Å². The van der Waals surface area contributed by atoms with Crippen molar-refractivity contribution in [3.63, 3.8) is 0 Å². The van der Waals surface area contributed by atoms with E-state index in [1.807, 2.05) is 6.07 Å². The molecule has 0 saturated heterocycles. The molecule has 2 fully saturated rings. The minimum atomic E-state index is -0.466. The number of carbonyl (C=O) groups is 2. The van der Waals surface area contributed by atoms with Crippen LogP contribution in [0.5, 0.6) is 0 Å². The van der Waals surface area contributed by atoms with Crippen molar-refractivity contribution in [2.45, 2.75) is 83.0 Å². The molecule has 39 heavy (non-hydrogen) atoms. The standard InChI is InChI=1S/C27H36ClN9O2/c1-15(2)11-20(29)26(38)34-18-7-5-17(6-8-18)33-24-13-21(32-16-3-4-16)25-31-14-22(37(25)36-24)27(39)35-19-9-10-30-23(28)12-19/h9-10,12-18,20,32H,3-8,11,29H2,1-2H3,(H,33,36)(H,34,38)(H,30,35,39)/t17-,18-,20-/m0/s1. The molecule has 2 saturated carbocycles. The summed E-state index contributed by atoms with van der Waals surface area (Å²) in [5.41, 5.74) is 8.33. The zero-order valence-electron chi connectivity index (χ0n) is 22.3. The normalized spacial score (nSPS) is 20.0. The highest BCUT2D eigenvalue weighted by Gasteiger charge is 2.27. The minimum Gasteiger partial charge on any atom is -0.379 e. The van der Waals surface area contributed by atoms with Gasteiger partial charge in [0, 0.05) is 36.1 Å². The van der Waals surface area contributed by atoms with Crippen LogP contribution in [0.3, 0.4) is 0 Å². The Hall–Kier alpha value is -3.44. The van der Waals surface area contributed by atoms with Gasteiger partial charge in [-0.05, 0) is 63.0 Å². The third kappa shape index (κ3) is 6.96. The highest BCUT2D eigenvalue weighted by atomic mass is 35.5. The SMILES string of the molecule is CC(C)C[C@H](N)C(=O)N[C@H]1CC[C@H](Nc2cc(NC3CC3)c3ncc(C(=O)Nc4ccnc(Cl)c4)n3n2)CC1. The molecule has 0 bridgehead atoms. The first-order valence-corrected chi connectivity index (χ1v) is 14.0. The summed E-state index contributed by atoms with van der Waals surface area (Å²) in [5.74, 6) is 0.629. The summed E-state index contributed by atoms with van der Waals surface area (Å²) in [6.07, 6.45) is 9.44. The number of amides is 2. The fraction of sp³-hybridized carbons (Fsp3) is 0.519. The second-order valence-electron chi connectivity index (χ2n) is 11.0. The Morgan fingerprint density at radius 3 is 2.44 bits per heavy atom. The predicted molar refractivity (Wildman–Crippen MR) is 152 cm³/mol. The number of imidazole rings is 1. The van der Waals surface area contributed by atoms with Crippen molar-refractivity contribution in [2.24, 2.45) is 11.7 Å². The van der Waals surface area contributed by atoms with Crippen LogP contribution in [0.2, 0.25) is 5.15 Å². The second-order valence-corrected chi connectivity index (χ2v) is 11.4. The molecule has 0 radical (unpaired) electrons. The minimum absolute atomic E-state index is 0.0667. The van der Waals surface area contributed by atoms with Gasteiger partial charge in [-0.1, -0.05) is 25.4 Å². The quantitative estimate of drug-likeness (QED) is 0.238. The maximum absolute atomic E-state index is 13.1. The van der Waals surface area contributed by atoms with Crippen LogP contribution in [0.15, 0.2) is 30.6 Å². The van der Waals surface area contributed by atoms with Crippen LogP contribution in [0.1, 0.15) is 69.3 Å². The number of nitrogens with two attached hydrogens (primary N) is 1. The van der Waals surface area contributed by atoms with Gasteiger partial charge in [0.05, 0.1) is 17.9 Å². The summed E-state index contributed by atoms with van der Waals surface area (Å²) in [6.45, 7) is 4.13. The maximum atomic E-state index is 13.1. The molecule has 0 aromatic carbocycles. The lowest BCUT2D eigenvalue weighted by atomic mass is 9.90. The number of aromatic nitrogens is 4. The molecule has 208 valence electrons. The summed E-state index contributed by atoms with van der Waals surface area (Å²) < 4.78 is 1.58. The Labute approximate surface area is 232 Å². The predicted octanol–water partition coefficient (Wildman–Crippen LogP) is 3.82. The van der Waals surface area contributed by atoms with Crippen LogP contribution in [-0.2, 0) is 4.79 Å². The molecule has 2 amide bonds. The van der Waals surface area contributed by atoms with Crippen molar-refractivity contribution in [3.05, 3.63) is 41.4 Å². The molecule has 3 aromatic heterocycles. The van der Waals surface area contributed by atoms with Crippen LogP contribution in [0.25, 0.3) is 5.65 Å². The van der Waals surface area contributed by atoms with E-state index in [9.17, 15) is 9.59 Å². The number of nitrogens with zero attached hydrogens (tertiary/aromatic N) is 4. The first-order valence-electron chi connectivity index (χ1n) is 13.7. The Morgan fingerprint density at radius 2 is 1.74 bits per heavy atom. The van der Waals surface area contributed by atoms with E-state index in [0.29, 0.717) is 46.4 Å². The monoisotopic (exact) mass is 553 g/mol. The largest absolute Gasteiger partial charge is 0.379 e. The Morgan fingerprint density at radius 1 is 1.05 bits per heavy atom. The molecule has 11 nitrogen and oxygen atoms in total. The van der Waals surface area contributed by atoms with Crippen molar-refractivity contribution in [2.75, 3.05) is 16.0 Å². The molecule has 2 aliphatic rings. The van der Waals surface area contributed by atoms with Crippen LogP contribution in [0.4, 0.5) is 17.2 Å². The van der Waals surface area contributed by atoms with E-state index in [1.165, 1.54) is 12.4 Å². The van der Waals surface area contributed by atoms with Gasteiger partial charge in [0.25, 0.3) is 5.91 Å². The van der Waals surface area contributed by atoms with Crippen LogP contribution >= 0.6 is 11.6 Å². The van der Waals surface area contributed by atoms with Crippen molar-refractivity contribution in [1.29, 1.82) is 0 Å². The Bertz CT molecular complexity index is 1330. The molecule has 1 atom stereocenters. The van der Waals surface area contributed by atoms with Crippen LogP contribution in [0, 0.1) is 5.92 Å². The van der Waals surface area contributed by atoms with Gasteiger partial charge >= 0.3 is 0 Å². The average molecular weight is 554 g/mol. The zero-order valence-corrected chi connectivity index (χ0v) is 23.0. The molecular formula is C27H36ClN9O2. The van der Waals surface area contributed by atoms with E-state index in [2.05, 4.69) is 45.1 Å². The van der Waals surface area contributed by atoms with Gasteiger partial charge in [0.15, 0.2) is 11.3 Å². The molecule has 2 aliphatic carbocycles. The number of anilines is 3. The van der Waals surface area contributed by atoms with E-state index in [-0.39, 0.29) is 23.9 Å². The van der Waals surface area contributed by atoms with Gasteiger partial charge in [-0.2, -0.15) is 0 Å². The number of fused-ring (bicyclic) bond motifs is 1. The number of halogens is 1.